The normalized spacial score (nSPS) is 30.2. The molecule has 1 aliphatic heterocycles. The van der Waals surface area contributed by atoms with Crippen LogP contribution in [0.15, 0.2) is 0 Å². The van der Waals surface area contributed by atoms with E-state index >= 15 is 0 Å². The molecule has 0 aromatic heterocycles. The Bertz CT molecular complexity index is 279. The first-order valence-electron chi connectivity index (χ1n) is 5.65. The Morgan fingerprint density at radius 1 is 1.47 bits per heavy atom. The smallest absolute Gasteiger partial charge is 0.410 e. The first-order chi connectivity index (χ1) is 7.74. The van der Waals surface area contributed by atoms with Gasteiger partial charge in [0.05, 0.1) is 17.5 Å². The molecule has 100 valence electrons. The van der Waals surface area contributed by atoms with Crippen molar-refractivity contribution in [2.45, 2.75) is 37.3 Å². The van der Waals surface area contributed by atoms with Crippen LogP contribution in [0.4, 0.5) is 4.79 Å². The Kier molecular flexibility index (Phi) is 4.80. The summed E-state index contributed by atoms with van der Waals surface area (Å²) in [5.41, 5.74) is -0.538. The minimum absolute atomic E-state index is 0.150. The molecule has 0 saturated carbocycles. The van der Waals surface area contributed by atoms with E-state index < -0.39 is 17.8 Å². The van der Waals surface area contributed by atoms with Crippen LogP contribution >= 0.6 is 15.9 Å². The summed E-state index contributed by atoms with van der Waals surface area (Å²) in [5, 5.41) is 18.9. The molecule has 3 atom stereocenters. The molecule has 2 N–H and O–H groups in total. The van der Waals surface area contributed by atoms with Crippen molar-refractivity contribution in [1.29, 1.82) is 0 Å². The number of ether oxygens (including phenoxy) is 1. The SMILES string of the molecule is CC(C)(C)OC(=O)N1CC(Br)C(O)C(CO)C1. The number of carbonyl (C=O) groups excluding carboxylic acids is 1. The van der Waals surface area contributed by atoms with Crippen LogP contribution in [0.25, 0.3) is 0 Å². The van der Waals surface area contributed by atoms with Gasteiger partial charge < -0.3 is 19.8 Å². The molecule has 3 unspecified atom stereocenters. The molecular weight excluding hydrogens is 290 g/mol. The summed E-state index contributed by atoms with van der Waals surface area (Å²) in [6.07, 6.45) is -1.05. The number of rotatable bonds is 1. The summed E-state index contributed by atoms with van der Waals surface area (Å²) in [6, 6.07) is 0. The molecule has 0 spiro atoms. The second-order valence-corrected chi connectivity index (χ2v) is 6.51. The van der Waals surface area contributed by atoms with E-state index in [-0.39, 0.29) is 17.4 Å². The Hall–Kier alpha value is -0.330. The lowest BCUT2D eigenvalue weighted by Crippen LogP contribution is -2.54. The third-order valence-corrected chi connectivity index (χ3v) is 3.42. The van der Waals surface area contributed by atoms with E-state index in [9.17, 15) is 9.90 Å². The number of carbonyl (C=O) groups is 1. The zero-order valence-corrected chi connectivity index (χ0v) is 12.0. The number of halogens is 1. The number of aliphatic hydroxyl groups is 2. The molecule has 0 aromatic carbocycles. The van der Waals surface area contributed by atoms with Gasteiger partial charge in [0.1, 0.15) is 5.60 Å². The lowest BCUT2D eigenvalue weighted by Gasteiger charge is -2.39. The van der Waals surface area contributed by atoms with Crippen molar-refractivity contribution in [3.63, 3.8) is 0 Å². The third-order valence-electron chi connectivity index (χ3n) is 2.59. The molecule has 0 aromatic rings. The lowest BCUT2D eigenvalue weighted by molar-refractivity contribution is -0.0163. The quantitative estimate of drug-likeness (QED) is 0.708. The van der Waals surface area contributed by atoms with Crippen LogP contribution in [0.5, 0.6) is 0 Å². The molecule has 0 radical (unpaired) electrons. The van der Waals surface area contributed by atoms with Crippen molar-refractivity contribution in [3.05, 3.63) is 0 Å². The average molecular weight is 310 g/mol. The van der Waals surface area contributed by atoms with E-state index in [2.05, 4.69) is 15.9 Å². The van der Waals surface area contributed by atoms with Crippen LogP contribution in [-0.4, -0.2) is 57.4 Å². The van der Waals surface area contributed by atoms with E-state index in [1.807, 2.05) is 0 Å². The van der Waals surface area contributed by atoms with Gasteiger partial charge in [-0.25, -0.2) is 4.79 Å². The molecule has 5 nitrogen and oxygen atoms in total. The summed E-state index contributed by atoms with van der Waals surface area (Å²) in [4.78, 5) is 13.1. The van der Waals surface area contributed by atoms with Gasteiger partial charge in [-0.1, -0.05) is 15.9 Å². The molecule has 1 fully saturated rings. The summed E-state index contributed by atoms with van der Waals surface area (Å²) >= 11 is 3.31. The van der Waals surface area contributed by atoms with Crippen LogP contribution in [0, 0.1) is 5.92 Å². The molecule has 1 saturated heterocycles. The van der Waals surface area contributed by atoms with Crippen LogP contribution in [-0.2, 0) is 4.74 Å². The monoisotopic (exact) mass is 309 g/mol. The fraction of sp³-hybridized carbons (Fsp3) is 0.909. The zero-order valence-electron chi connectivity index (χ0n) is 10.4. The molecular formula is C11H20BrNO4. The number of aliphatic hydroxyl groups excluding tert-OH is 2. The topological polar surface area (TPSA) is 70.0 Å². The molecule has 1 aliphatic rings. The highest BCUT2D eigenvalue weighted by atomic mass is 79.9. The number of alkyl halides is 1. The first kappa shape index (κ1) is 14.7. The highest BCUT2D eigenvalue weighted by Crippen LogP contribution is 2.24. The molecule has 17 heavy (non-hydrogen) atoms. The highest BCUT2D eigenvalue weighted by Gasteiger charge is 2.37. The van der Waals surface area contributed by atoms with Gasteiger partial charge >= 0.3 is 6.09 Å². The predicted molar refractivity (Wildman–Crippen MR) is 67.1 cm³/mol. The minimum atomic E-state index is -0.640. The fourth-order valence-electron chi connectivity index (χ4n) is 1.72. The van der Waals surface area contributed by atoms with Gasteiger partial charge in [-0.3, -0.25) is 0 Å². The zero-order chi connectivity index (χ0) is 13.2. The minimum Gasteiger partial charge on any atom is -0.444 e. The standard InChI is InChI=1S/C11H20BrNO4/c1-11(2,3)17-10(16)13-4-7(6-14)9(15)8(12)5-13/h7-9,14-15H,4-6H2,1-3H3. The Morgan fingerprint density at radius 3 is 2.53 bits per heavy atom. The Labute approximate surface area is 110 Å². The molecule has 1 rings (SSSR count). The van der Waals surface area contributed by atoms with E-state index in [0.29, 0.717) is 13.1 Å². The van der Waals surface area contributed by atoms with E-state index in [4.69, 9.17) is 9.84 Å². The second kappa shape index (κ2) is 5.54. The van der Waals surface area contributed by atoms with Gasteiger partial charge in [0, 0.05) is 19.0 Å². The number of hydrogen-bond acceptors (Lipinski definition) is 4. The fourth-order valence-corrected chi connectivity index (χ4v) is 2.50. The predicted octanol–water partition coefficient (Wildman–Crippen LogP) is 0.970. The summed E-state index contributed by atoms with van der Waals surface area (Å²) in [6.45, 7) is 5.96. The van der Waals surface area contributed by atoms with Crippen molar-refractivity contribution in [2.24, 2.45) is 5.92 Å². The molecule has 0 bridgehead atoms. The maximum absolute atomic E-state index is 11.8. The molecule has 1 heterocycles. The number of likely N-dealkylation sites (tertiary alicyclic amines) is 1. The summed E-state index contributed by atoms with van der Waals surface area (Å²) < 4.78 is 5.26. The Balaban J connectivity index is 2.63. The number of nitrogens with zero attached hydrogens (tertiary/aromatic N) is 1. The van der Waals surface area contributed by atoms with Gasteiger partial charge in [0.25, 0.3) is 0 Å². The van der Waals surface area contributed by atoms with Gasteiger partial charge in [-0.2, -0.15) is 0 Å². The first-order valence-corrected chi connectivity index (χ1v) is 6.57. The van der Waals surface area contributed by atoms with Crippen molar-refractivity contribution < 1.29 is 19.7 Å². The van der Waals surface area contributed by atoms with E-state index in [1.54, 1.807) is 20.8 Å². The number of amides is 1. The molecule has 6 heteroatoms. The number of hydrogen-bond donors (Lipinski definition) is 2. The van der Waals surface area contributed by atoms with Gasteiger partial charge in [0.2, 0.25) is 0 Å². The van der Waals surface area contributed by atoms with Gasteiger partial charge in [-0.15, -0.1) is 0 Å². The summed E-state index contributed by atoms with van der Waals surface area (Å²) in [5.74, 6) is -0.333. The van der Waals surface area contributed by atoms with Crippen LogP contribution in [0.3, 0.4) is 0 Å². The van der Waals surface area contributed by atoms with Crippen molar-refractivity contribution >= 4 is 22.0 Å². The van der Waals surface area contributed by atoms with Crippen LogP contribution < -0.4 is 0 Å². The second-order valence-electron chi connectivity index (χ2n) is 5.33. The third kappa shape index (κ3) is 4.12. The van der Waals surface area contributed by atoms with E-state index in [0.717, 1.165) is 0 Å². The van der Waals surface area contributed by atoms with Crippen LogP contribution in [0.1, 0.15) is 20.8 Å². The average Bonchev–Trinajstić information content (AvgIpc) is 2.19. The van der Waals surface area contributed by atoms with Gasteiger partial charge in [0.15, 0.2) is 0 Å². The van der Waals surface area contributed by atoms with Crippen molar-refractivity contribution in [1.82, 2.24) is 4.90 Å². The van der Waals surface area contributed by atoms with E-state index in [1.165, 1.54) is 4.90 Å². The van der Waals surface area contributed by atoms with Crippen molar-refractivity contribution in [2.75, 3.05) is 19.7 Å². The largest absolute Gasteiger partial charge is 0.444 e. The maximum atomic E-state index is 11.8. The Morgan fingerprint density at radius 2 is 2.06 bits per heavy atom. The maximum Gasteiger partial charge on any atom is 0.410 e. The summed E-state index contributed by atoms with van der Waals surface area (Å²) in [7, 11) is 0. The highest BCUT2D eigenvalue weighted by molar-refractivity contribution is 9.09. The van der Waals surface area contributed by atoms with Gasteiger partial charge in [-0.05, 0) is 20.8 Å². The molecule has 1 amide bonds. The molecule has 0 aliphatic carbocycles. The lowest BCUT2D eigenvalue weighted by atomic mass is 9.96. The van der Waals surface area contributed by atoms with Crippen LogP contribution in [0.2, 0.25) is 0 Å². The number of piperidine rings is 1. The van der Waals surface area contributed by atoms with Crippen molar-refractivity contribution in [3.8, 4) is 0 Å².